The average molecular weight is 216 g/mol. The first-order valence-corrected chi connectivity index (χ1v) is 5.30. The molecule has 0 saturated heterocycles. The van der Waals surface area contributed by atoms with Gasteiger partial charge in [0.05, 0.1) is 24.2 Å². The van der Waals surface area contributed by atoms with E-state index in [1.54, 1.807) is 6.26 Å². The summed E-state index contributed by atoms with van der Waals surface area (Å²) >= 11 is 0. The van der Waals surface area contributed by atoms with E-state index in [1.165, 1.54) is 5.69 Å². The molecule has 2 rings (SSSR count). The van der Waals surface area contributed by atoms with Gasteiger partial charge in [-0.05, 0) is 24.3 Å². The van der Waals surface area contributed by atoms with Crippen molar-refractivity contribution in [3.05, 3.63) is 48.4 Å². The maximum absolute atomic E-state index is 5.28. The van der Waals surface area contributed by atoms with Crippen molar-refractivity contribution in [2.45, 2.75) is 6.54 Å². The highest BCUT2D eigenvalue weighted by Crippen LogP contribution is 2.23. The Hall–Kier alpha value is -1.90. The van der Waals surface area contributed by atoms with Gasteiger partial charge in [-0.3, -0.25) is 0 Å². The van der Waals surface area contributed by atoms with Gasteiger partial charge < -0.3 is 14.6 Å². The van der Waals surface area contributed by atoms with Crippen molar-refractivity contribution in [2.24, 2.45) is 0 Å². The summed E-state index contributed by atoms with van der Waals surface area (Å²) in [5, 5.41) is 3.36. The lowest BCUT2D eigenvalue weighted by Crippen LogP contribution is -2.11. The predicted molar refractivity (Wildman–Crippen MR) is 66.8 cm³/mol. The second-order valence-corrected chi connectivity index (χ2v) is 3.84. The molecule has 0 amide bonds. The summed E-state index contributed by atoms with van der Waals surface area (Å²) in [6.07, 6.45) is 1.69. The number of para-hydroxylation sites is 2. The van der Waals surface area contributed by atoms with E-state index in [0.29, 0.717) is 6.54 Å². The van der Waals surface area contributed by atoms with Crippen LogP contribution in [0, 0.1) is 0 Å². The maximum Gasteiger partial charge on any atom is 0.122 e. The normalized spacial score (nSPS) is 10.1. The summed E-state index contributed by atoms with van der Waals surface area (Å²) < 4.78 is 5.28. The molecular formula is C13H16N2O. The molecule has 0 atom stereocenters. The Kier molecular flexibility index (Phi) is 3.15. The second-order valence-electron chi connectivity index (χ2n) is 3.84. The van der Waals surface area contributed by atoms with Gasteiger partial charge >= 0.3 is 0 Å². The van der Waals surface area contributed by atoms with Crippen LogP contribution in [0.3, 0.4) is 0 Å². The van der Waals surface area contributed by atoms with Crippen LogP contribution in [0.25, 0.3) is 0 Å². The molecule has 1 aromatic heterocycles. The van der Waals surface area contributed by atoms with Crippen LogP contribution in [0.5, 0.6) is 0 Å². The van der Waals surface area contributed by atoms with Gasteiger partial charge in [0.15, 0.2) is 0 Å². The number of benzene rings is 1. The van der Waals surface area contributed by atoms with Crippen molar-refractivity contribution in [3.63, 3.8) is 0 Å². The molecule has 1 heterocycles. The SMILES string of the molecule is CN(C)c1ccccc1NCc1ccco1. The molecule has 3 nitrogen and oxygen atoms in total. The van der Waals surface area contributed by atoms with Crippen molar-refractivity contribution in [2.75, 3.05) is 24.3 Å². The highest BCUT2D eigenvalue weighted by Gasteiger charge is 2.03. The van der Waals surface area contributed by atoms with Gasteiger partial charge in [-0.1, -0.05) is 12.1 Å². The van der Waals surface area contributed by atoms with Gasteiger partial charge in [-0.25, -0.2) is 0 Å². The standard InChI is InChI=1S/C13H16N2O/c1-15(2)13-8-4-3-7-12(13)14-10-11-6-5-9-16-11/h3-9,14H,10H2,1-2H3. The highest BCUT2D eigenvalue weighted by molar-refractivity contribution is 5.69. The monoisotopic (exact) mass is 216 g/mol. The van der Waals surface area contributed by atoms with Gasteiger partial charge in [-0.2, -0.15) is 0 Å². The van der Waals surface area contributed by atoms with E-state index in [9.17, 15) is 0 Å². The minimum absolute atomic E-state index is 0.706. The zero-order chi connectivity index (χ0) is 11.4. The molecule has 0 bridgehead atoms. The molecule has 0 aliphatic rings. The van der Waals surface area contributed by atoms with E-state index in [2.05, 4.69) is 22.3 Å². The zero-order valence-corrected chi connectivity index (χ0v) is 9.60. The summed E-state index contributed by atoms with van der Waals surface area (Å²) in [5.74, 6) is 0.938. The zero-order valence-electron chi connectivity index (χ0n) is 9.60. The Morgan fingerprint density at radius 2 is 1.94 bits per heavy atom. The van der Waals surface area contributed by atoms with Gasteiger partial charge in [0.2, 0.25) is 0 Å². The number of hydrogen-bond acceptors (Lipinski definition) is 3. The van der Waals surface area contributed by atoms with Crippen molar-refractivity contribution < 1.29 is 4.42 Å². The molecule has 0 aliphatic carbocycles. The molecule has 0 aliphatic heterocycles. The summed E-state index contributed by atoms with van der Waals surface area (Å²) in [7, 11) is 4.07. The largest absolute Gasteiger partial charge is 0.467 e. The van der Waals surface area contributed by atoms with Crippen LogP contribution in [0.15, 0.2) is 47.1 Å². The average Bonchev–Trinajstić information content (AvgIpc) is 2.79. The third-order valence-electron chi connectivity index (χ3n) is 2.42. The Balaban J connectivity index is 2.09. The van der Waals surface area contributed by atoms with Crippen LogP contribution in [0.2, 0.25) is 0 Å². The highest BCUT2D eigenvalue weighted by atomic mass is 16.3. The molecule has 16 heavy (non-hydrogen) atoms. The summed E-state index contributed by atoms with van der Waals surface area (Å²) in [4.78, 5) is 2.09. The molecular weight excluding hydrogens is 200 g/mol. The fourth-order valence-corrected chi connectivity index (χ4v) is 1.61. The van der Waals surface area contributed by atoms with E-state index in [1.807, 2.05) is 38.4 Å². The molecule has 0 saturated carbocycles. The number of rotatable bonds is 4. The molecule has 3 heteroatoms. The maximum atomic E-state index is 5.28. The number of nitrogens with one attached hydrogen (secondary N) is 1. The summed E-state index contributed by atoms with van der Waals surface area (Å²) in [6, 6.07) is 12.1. The molecule has 2 aromatic rings. The van der Waals surface area contributed by atoms with Crippen molar-refractivity contribution >= 4 is 11.4 Å². The topological polar surface area (TPSA) is 28.4 Å². The Morgan fingerprint density at radius 1 is 1.12 bits per heavy atom. The van der Waals surface area contributed by atoms with Crippen LogP contribution >= 0.6 is 0 Å². The van der Waals surface area contributed by atoms with Gasteiger partial charge in [0.1, 0.15) is 5.76 Å². The first-order chi connectivity index (χ1) is 7.77. The molecule has 84 valence electrons. The third-order valence-corrected chi connectivity index (χ3v) is 2.42. The number of anilines is 2. The fourth-order valence-electron chi connectivity index (χ4n) is 1.61. The molecule has 0 radical (unpaired) electrons. The number of furan rings is 1. The van der Waals surface area contributed by atoms with Gasteiger partial charge in [0, 0.05) is 14.1 Å². The van der Waals surface area contributed by atoms with E-state index >= 15 is 0 Å². The lowest BCUT2D eigenvalue weighted by Gasteiger charge is -2.17. The molecule has 1 aromatic carbocycles. The van der Waals surface area contributed by atoms with Crippen LogP contribution < -0.4 is 10.2 Å². The predicted octanol–water partition coefficient (Wildman–Crippen LogP) is 2.96. The molecule has 0 unspecified atom stereocenters. The number of hydrogen-bond donors (Lipinski definition) is 1. The summed E-state index contributed by atoms with van der Waals surface area (Å²) in [5.41, 5.74) is 2.29. The van der Waals surface area contributed by atoms with Crippen LogP contribution in [0.4, 0.5) is 11.4 Å². The second kappa shape index (κ2) is 4.75. The first-order valence-electron chi connectivity index (χ1n) is 5.30. The lowest BCUT2D eigenvalue weighted by atomic mass is 10.2. The lowest BCUT2D eigenvalue weighted by molar-refractivity contribution is 0.518. The van der Waals surface area contributed by atoms with Crippen LogP contribution in [0.1, 0.15) is 5.76 Å². The van der Waals surface area contributed by atoms with Crippen molar-refractivity contribution in [1.82, 2.24) is 0 Å². The smallest absolute Gasteiger partial charge is 0.122 e. The van der Waals surface area contributed by atoms with E-state index < -0.39 is 0 Å². The Morgan fingerprint density at radius 3 is 2.62 bits per heavy atom. The fraction of sp³-hybridized carbons (Fsp3) is 0.231. The molecule has 0 spiro atoms. The number of nitrogens with zero attached hydrogens (tertiary/aromatic N) is 1. The third kappa shape index (κ3) is 2.37. The van der Waals surface area contributed by atoms with Gasteiger partial charge in [-0.15, -0.1) is 0 Å². The summed E-state index contributed by atoms with van der Waals surface area (Å²) in [6.45, 7) is 0.706. The first kappa shape index (κ1) is 10.6. The molecule has 0 fully saturated rings. The van der Waals surface area contributed by atoms with Crippen LogP contribution in [-0.4, -0.2) is 14.1 Å². The van der Waals surface area contributed by atoms with E-state index in [0.717, 1.165) is 11.4 Å². The van der Waals surface area contributed by atoms with Crippen LogP contribution in [-0.2, 0) is 6.54 Å². The van der Waals surface area contributed by atoms with E-state index in [-0.39, 0.29) is 0 Å². The minimum Gasteiger partial charge on any atom is -0.467 e. The van der Waals surface area contributed by atoms with E-state index in [4.69, 9.17) is 4.42 Å². The van der Waals surface area contributed by atoms with Crippen molar-refractivity contribution in [3.8, 4) is 0 Å². The Bertz CT molecular complexity index is 435. The van der Waals surface area contributed by atoms with Gasteiger partial charge in [0.25, 0.3) is 0 Å². The minimum atomic E-state index is 0.706. The quantitative estimate of drug-likeness (QED) is 0.851. The Labute approximate surface area is 95.7 Å². The van der Waals surface area contributed by atoms with Crippen molar-refractivity contribution in [1.29, 1.82) is 0 Å². The molecule has 1 N–H and O–H groups in total.